The van der Waals surface area contributed by atoms with Crippen LogP contribution in [0.2, 0.25) is 0 Å². The molecule has 3 aromatic rings. The van der Waals surface area contributed by atoms with Crippen LogP contribution < -0.4 is 14.8 Å². The lowest BCUT2D eigenvalue weighted by atomic mass is 9.80. The average Bonchev–Trinajstić information content (AvgIpc) is 3.44. The highest BCUT2D eigenvalue weighted by atomic mass is 16.7. The molecule has 1 aromatic heterocycles. The molecular weight excluding hydrogens is 370 g/mol. The zero-order valence-electron chi connectivity index (χ0n) is 15.9. The third-order valence-electron chi connectivity index (χ3n) is 5.59. The molecule has 1 fully saturated rings. The minimum atomic E-state index is -0.620. The molecular formula is C21H21N5O3. The Hall–Kier alpha value is -3.42. The SMILES string of the molecule is O=C(NC1(c2nnnn2-c2ccc3c(c2)OCO3)CCCCC1)c1ccccc1. The monoisotopic (exact) mass is 391 g/mol. The molecule has 1 saturated carbocycles. The minimum absolute atomic E-state index is 0.118. The number of carbonyl (C=O) groups is 1. The van der Waals surface area contributed by atoms with Crippen LogP contribution in [0.4, 0.5) is 0 Å². The molecule has 2 heterocycles. The summed E-state index contributed by atoms with van der Waals surface area (Å²) in [6, 6.07) is 14.8. The van der Waals surface area contributed by atoms with Crippen LogP contribution in [0, 0.1) is 0 Å². The minimum Gasteiger partial charge on any atom is -0.454 e. The van der Waals surface area contributed by atoms with Crippen LogP contribution in [0.15, 0.2) is 48.5 Å². The highest BCUT2D eigenvalue weighted by Gasteiger charge is 2.41. The highest BCUT2D eigenvalue weighted by Crippen LogP contribution is 2.38. The van der Waals surface area contributed by atoms with Crippen molar-refractivity contribution in [1.82, 2.24) is 25.5 Å². The van der Waals surface area contributed by atoms with Crippen molar-refractivity contribution < 1.29 is 14.3 Å². The van der Waals surface area contributed by atoms with Gasteiger partial charge in [0, 0.05) is 11.6 Å². The highest BCUT2D eigenvalue weighted by molar-refractivity contribution is 5.94. The molecule has 1 N–H and O–H groups in total. The number of benzene rings is 2. The van der Waals surface area contributed by atoms with Crippen molar-refractivity contribution in [3.05, 3.63) is 59.9 Å². The van der Waals surface area contributed by atoms with Crippen LogP contribution >= 0.6 is 0 Å². The molecule has 29 heavy (non-hydrogen) atoms. The second-order valence-electron chi connectivity index (χ2n) is 7.41. The molecule has 1 aliphatic heterocycles. The Labute approximate surface area is 167 Å². The second-order valence-corrected chi connectivity index (χ2v) is 7.41. The molecule has 1 amide bonds. The zero-order chi connectivity index (χ0) is 19.7. The van der Waals surface area contributed by atoms with E-state index in [1.165, 1.54) is 0 Å². The van der Waals surface area contributed by atoms with E-state index >= 15 is 0 Å². The van der Waals surface area contributed by atoms with E-state index in [4.69, 9.17) is 9.47 Å². The van der Waals surface area contributed by atoms with Gasteiger partial charge in [-0.05, 0) is 47.5 Å². The lowest BCUT2D eigenvalue weighted by molar-refractivity contribution is 0.0855. The number of rotatable bonds is 4. The summed E-state index contributed by atoms with van der Waals surface area (Å²) in [6.07, 6.45) is 4.72. The van der Waals surface area contributed by atoms with Gasteiger partial charge in [0.25, 0.3) is 5.91 Å². The molecule has 8 nitrogen and oxygen atoms in total. The van der Waals surface area contributed by atoms with Crippen molar-refractivity contribution in [3.63, 3.8) is 0 Å². The molecule has 8 heteroatoms. The van der Waals surface area contributed by atoms with E-state index in [0.717, 1.165) is 37.8 Å². The number of amides is 1. The number of tetrazole rings is 1. The van der Waals surface area contributed by atoms with Crippen molar-refractivity contribution in [1.29, 1.82) is 0 Å². The van der Waals surface area contributed by atoms with Gasteiger partial charge in [-0.1, -0.05) is 37.5 Å². The third kappa shape index (κ3) is 3.20. The van der Waals surface area contributed by atoms with Crippen LogP contribution in [-0.4, -0.2) is 32.9 Å². The summed E-state index contributed by atoms with van der Waals surface area (Å²) in [7, 11) is 0. The number of aromatic nitrogens is 4. The average molecular weight is 391 g/mol. The van der Waals surface area contributed by atoms with Gasteiger partial charge in [-0.2, -0.15) is 4.68 Å². The summed E-state index contributed by atoms with van der Waals surface area (Å²) in [5.74, 6) is 1.89. The summed E-state index contributed by atoms with van der Waals surface area (Å²) in [5.41, 5.74) is 0.776. The van der Waals surface area contributed by atoms with Gasteiger partial charge in [0.1, 0.15) is 5.54 Å². The maximum Gasteiger partial charge on any atom is 0.252 e. The van der Waals surface area contributed by atoms with Crippen LogP contribution in [0.5, 0.6) is 11.5 Å². The Morgan fingerprint density at radius 1 is 1.00 bits per heavy atom. The first-order valence-electron chi connectivity index (χ1n) is 9.82. The van der Waals surface area contributed by atoms with Gasteiger partial charge in [0.2, 0.25) is 6.79 Å². The summed E-state index contributed by atoms with van der Waals surface area (Å²) in [4.78, 5) is 13.0. The Morgan fingerprint density at radius 3 is 2.62 bits per heavy atom. The lowest BCUT2D eigenvalue weighted by Crippen LogP contribution is -2.49. The maximum atomic E-state index is 13.0. The Balaban J connectivity index is 1.53. The molecule has 1 aliphatic carbocycles. The van der Waals surface area contributed by atoms with Crippen molar-refractivity contribution in [3.8, 4) is 17.2 Å². The molecule has 0 spiro atoms. The largest absolute Gasteiger partial charge is 0.454 e. The van der Waals surface area contributed by atoms with Gasteiger partial charge < -0.3 is 14.8 Å². The van der Waals surface area contributed by atoms with E-state index in [1.54, 1.807) is 4.68 Å². The molecule has 5 rings (SSSR count). The van der Waals surface area contributed by atoms with Crippen molar-refractivity contribution in [2.24, 2.45) is 0 Å². The van der Waals surface area contributed by atoms with Gasteiger partial charge in [-0.25, -0.2) is 0 Å². The van der Waals surface area contributed by atoms with E-state index in [9.17, 15) is 4.79 Å². The Morgan fingerprint density at radius 2 is 1.79 bits per heavy atom. The maximum absolute atomic E-state index is 13.0. The summed E-state index contributed by atoms with van der Waals surface area (Å²) in [6.45, 7) is 0.207. The topological polar surface area (TPSA) is 91.2 Å². The van der Waals surface area contributed by atoms with E-state index < -0.39 is 5.54 Å². The lowest BCUT2D eigenvalue weighted by Gasteiger charge is -2.36. The van der Waals surface area contributed by atoms with Gasteiger partial charge in [-0.3, -0.25) is 4.79 Å². The summed E-state index contributed by atoms with van der Waals surface area (Å²) in [5, 5.41) is 15.8. The molecule has 2 aromatic carbocycles. The van der Waals surface area contributed by atoms with E-state index in [-0.39, 0.29) is 12.7 Å². The summed E-state index contributed by atoms with van der Waals surface area (Å²) >= 11 is 0. The van der Waals surface area contributed by atoms with Crippen LogP contribution in [0.1, 0.15) is 48.3 Å². The Bertz CT molecular complexity index is 1030. The van der Waals surface area contributed by atoms with Crippen molar-refractivity contribution >= 4 is 5.91 Å². The molecule has 0 bridgehead atoms. The second kappa shape index (κ2) is 7.20. The molecule has 148 valence electrons. The number of hydrogen-bond donors (Lipinski definition) is 1. The Kier molecular flexibility index (Phi) is 4.38. The van der Waals surface area contributed by atoms with Crippen LogP contribution in [0.3, 0.4) is 0 Å². The molecule has 0 saturated heterocycles. The quantitative estimate of drug-likeness (QED) is 0.735. The molecule has 0 atom stereocenters. The number of nitrogens with zero attached hydrogens (tertiary/aromatic N) is 4. The predicted molar refractivity (Wildman–Crippen MR) is 104 cm³/mol. The molecule has 2 aliphatic rings. The number of fused-ring (bicyclic) bond motifs is 1. The zero-order valence-corrected chi connectivity index (χ0v) is 15.9. The fourth-order valence-electron chi connectivity index (χ4n) is 4.12. The third-order valence-corrected chi connectivity index (χ3v) is 5.59. The van der Waals surface area contributed by atoms with Crippen LogP contribution in [-0.2, 0) is 5.54 Å². The first-order chi connectivity index (χ1) is 14.3. The van der Waals surface area contributed by atoms with Gasteiger partial charge in [0.15, 0.2) is 17.3 Å². The fraction of sp³-hybridized carbons (Fsp3) is 0.333. The first-order valence-corrected chi connectivity index (χ1v) is 9.82. The van der Waals surface area contributed by atoms with E-state index in [0.29, 0.717) is 22.9 Å². The van der Waals surface area contributed by atoms with Gasteiger partial charge in [-0.15, -0.1) is 5.10 Å². The van der Waals surface area contributed by atoms with E-state index in [1.807, 2.05) is 48.5 Å². The van der Waals surface area contributed by atoms with Crippen LogP contribution in [0.25, 0.3) is 5.69 Å². The van der Waals surface area contributed by atoms with Gasteiger partial charge in [0.05, 0.1) is 5.69 Å². The first kappa shape index (κ1) is 17.7. The smallest absolute Gasteiger partial charge is 0.252 e. The standard InChI is InChI=1S/C21H21N5O3/c27-19(15-7-3-1-4-8-15)22-21(11-5-2-6-12-21)20-23-24-25-26(20)16-9-10-17-18(13-16)29-14-28-17/h1,3-4,7-10,13H,2,5-6,11-12,14H2,(H,22,27). The van der Waals surface area contributed by atoms with E-state index in [2.05, 4.69) is 20.8 Å². The molecule has 0 unspecified atom stereocenters. The number of hydrogen-bond acceptors (Lipinski definition) is 6. The molecule has 0 radical (unpaired) electrons. The number of nitrogens with one attached hydrogen (secondary N) is 1. The normalized spacial score (nSPS) is 17.1. The number of carbonyl (C=O) groups excluding carboxylic acids is 1. The van der Waals surface area contributed by atoms with Crippen molar-refractivity contribution in [2.45, 2.75) is 37.6 Å². The fourth-order valence-corrected chi connectivity index (χ4v) is 4.12. The van der Waals surface area contributed by atoms with Gasteiger partial charge >= 0.3 is 0 Å². The predicted octanol–water partition coefficient (Wildman–Crippen LogP) is 2.98. The number of ether oxygens (including phenoxy) is 2. The van der Waals surface area contributed by atoms with Crippen molar-refractivity contribution in [2.75, 3.05) is 6.79 Å². The summed E-state index contributed by atoms with van der Waals surface area (Å²) < 4.78 is 12.6.